The molecule has 0 bridgehead atoms. The molecule has 1 aliphatic rings. The molecule has 0 saturated carbocycles. The summed E-state index contributed by atoms with van der Waals surface area (Å²) < 4.78 is 41.4. The van der Waals surface area contributed by atoms with Crippen molar-refractivity contribution in [3.63, 3.8) is 0 Å². The van der Waals surface area contributed by atoms with E-state index in [1.165, 1.54) is 32.3 Å². The number of para-hydroxylation sites is 2. The van der Waals surface area contributed by atoms with Crippen molar-refractivity contribution in [2.24, 2.45) is 0 Å². The van der Waals surface area contributed by atoms with Gasteiger partial charge in [0, 0.05) is 14.1 Å². The first-order valence-electron chi connectivity index (χ1n) is 8.75. The lowest BCUT2D eigenvalue weighted by Crippen LogP contribution is -2.39. The lowest BCUT2D eigenvalue weighted by Gasteiger charge is -2.24. The predicted octanol–water partition coefficient (Wildman–Crippen LogP) is 1.91. The maximum Gasteiger partial charge on any atom is 0.351 e. The second-order valence-electron chi connectivity index (χ2n) is 6.45. The van der Waals surface area contributed by atoms with E-state index in [2.05, 4.69) is 5.32 Å². The Balaban J connectivity index is 1.59. The summed E-state index contributed by atoms with van der Waals surface area (Å²) in [6.45, 7) is -0.658. The van der Waals surface area contributed by atoms with Gasteiger partial charge in [-0.05, 0) is 30.3 Å². The van der Waals surface area contributed by atoms with E-state index in [9.17, 15) is 18.0 Å². The molecule has 0 spiro atoms. The van der Waals surface area contributed by atoms with Crippen molar-refractivity contribution in [3.05, 3.63) is 47.5 Å². The van der Waals surface area contributed by atoms with Gasteiger partial charge in [0.25, 0.3) is 5.91 Å². The van der Waals surface area contributed by atoms with Crippen LogP contribution in [-0.2, 0) is 24.3 Å². The van der Waals surface area contributed by atoms with Gasteiger partial charge in [0.15, 0.2) is 18.1 Å². The van der Waals surface area contributed by atoms with Crippen LogP contribution in [0.1, 0.15) is 0 Å². The molecule has 0 aromatic heterocycles. The van der Waals surface area contributed by atoms with Gasteiger partial charge < -0.3 is 19.5 Å². The number of benzene rings is 2. The summed E-state index contributed by atoms with van der Waals surface area (Å²) in [5.41, 5.74) is 0.0758. The van der Waals surface area contributed by atoms with E-state index >= 15 is 0 Å². The molecule has 2 aromatic carbocycles. The fourth-order valence-electron chi connectivity index (χ4n) is 2.52. The van der Waals surface area contributed by atoms with Gasteiger partial charge in [-0.2, -0.15) is 0 Å². The van der Waals surface area contributed by atoms with Gasteiger partial charge in [0.05, 0.1) is 15.6 Å². The molecule has 11 heteroatoms. The van der Waals surface area contributed by atoms with E-state index in [0.717, 1.165) is 4.31 Å². The summed E-state index contributed by atoms with van der Waals surface area (Å²) >= 11 is 6.03. The van der Waals surface area contributed by atoms with Crippen LogP contribution in [0.5, 0.6) is 11.5 Å². The van der Waals surface area contributed by atoms with Crippen LogP contribution >= 0.6 is 11.6 Å². The Hall–Kier alpha value is -2.82. The average Bonchev–Trinajstić information content (AvgIpc) is 2.73. The summed E-state index contributed by atoms with van der Waals surface area (Å²) in [5, 5.41) is 2.56. The van der Waals surface area contributed by atoms with Crippen LogP contribution in [0.4, 0.5) is 5.69 Å². The fraction of sp³-hybridized carbons (Fsp3) is 0.263. The molecule has 1 heterocycles. The highest BCUT2D eigenvalue weighted by Crippen LogP contribution is 2.31. The van der Waals surface area contributed by atoms with Crippen LogP contribution in [0, 0.1) is 0 Å². The Bertz CT molecular complexity index is 1070. The third-order valence-corrected chi connectivity index (χ3v) is 6.25. The molecule has 2 aromatic rings. The molecule has 30 heavy (non-hydrogen) atoms. The Kier molecular flexibility index (Phi) is 6.49. The molecule has 0 aliphatic carbocycles. The smallest absolute Gasteiger partial charge is 0.351 e. The van der Waals surface area contributed by atoms with Crippen LogP contribution in [0.2, 0.25) is 5.02 Å². The number of nitrogens with zero attached hydrogens (tertiary/aromatic N) is 1. The number of carbonyl (C=O) groups excluding carboxylic acids is 2. The van der Waals surface area contributed by atoms with Gasteiger partial charge in [-0.1, -0.05) is 23.7 Å². The predicted molar refractivity (Wildman–Crippen MR) is 108 cm³/mol. The average molecular weight is 455 g/mol. The Morgan fingerprint density at radius 1 is 1.20 bits per heavy atom. The Morgan fingerprint density at radius 2 is 1.90 bits per heavy atom. The number of hydrogen-bond acceptors (Lipinski definition) is 7. The zero-order valence-corrected chi connectivity index (χ0v) is 17.7. The number of amides is 1. The van der Waals surface area contributed by atoms with Gasteiger partial charge >= 0.3 is 5.97 Å². The van der Waals surface area contributed by atoms with E-state index in [-0.39, 0.29) is 22.2 Å². The molecule has 3 rings (SSSR count). The molecular weight excluding hydrogens is 436 g/mol. The first-order valence-corrected chi connectivity index (χ1v) is 10.6. The van der Waals surface area contributed by atoms with Gasteiger partial charge in [-0.15, -0.1) is 0 Å². The molecule has 1 N–H and O–H groups in total. The van der Waals surface area contributed by atoms with Crippen LogP contribution in [0.15, 0.2) is 47.4 Å². The maximum absolute atomic E-state index is 12.2. The topological polar surface area (TPSA) is 111 Å². The van der Waals surface area contributed by atoms with Crippen LogP contribution in [0.3, 0.4) is 0 Å². The minimum absolute atomic E-state index is 0.0457. The Morgan fingerprint density at radius 3 is 2.60 bits per heavy atom. The fourth-order valence-corrected chi connectivity index (χ4v) is 3.62. The number of esters is 1. The van der Waals surface area contributed by atoms with Crippen LogP contribution < -0.4 is 14.8 Å². The summed E-state index contributed by atoms with van der Waals surface area (Å²) in [6, 6.07) is 10.8. The van der Waals surface area contributed by atoms with Gasteiger partial charge in [0.1, 0.15) is 6.61 Å². The monoisotopic (exact) mass is 454 g/mol. The number of nitrogens with one attached hydrogen (secondary N) is 1. The van der Waals surface area contributed by atoms with E-state index in [4.69, 9.17) is 25.8 Å². The molecule has 1 unspecified atom stereocenters. The number of halogens is 1. The molecule has 0 saturated heterocycles. The lowest BCUT2D eigenvalue weighted by atomic mass is 10.2. The van der Waals surface area contributed by atoms with Crippen LogP contribution in [-0.4, -0.2) is 58.0 Å². The van der Waals surface area contributed by atoms with Crippen molar-refractivity contribution in [3.8, 4) is 11.5 Å². The number of carbonyl (C=O) groups is 2. The second kappa shape index (κ2) is 8.90. The summed E-state index contributed by atoms with van der Waals surface area (Å²) in [4.78, 5) is 24.3. The molecular formula is C19H19ClN2O7S. The molecule has 1 aliphatic heterocycles. The molecule has 160 valence electrons. The van der Waals surface area contributed by atoms with Gasteiger partial charge in [0.2, 0.25) is 16.1 Å². The molecule has 0 radical (unpaired) electrons. The van der Waals surface area contributed by atoms with Gasteiger partial charge in [-0.3, -0.25) is 4.79 Å². The van der Waals surface area contributed by atoms with Crippen molar-refractivity contribution >= 4 is 39.2 Å². The molecule has 0 fully saturated rings. The van der Waals surface area contributed by atoms with Crippen molar-refractivity contribution in [2.45, 2.75) is 11.0 Å². The number of sulfonamides is 1. The standard InChI is InChI=1S/C19H19ClN2O7S/c1-22(2)30(25,26)12-7-8-13(20)14(9-12)21-18(23)11-28-19(24)17-10-27-15-5-3-4-6-16(15)29-17/h3-9,17H,10-11H2,1-2H3,(H,21,23). The maximum atomic E-state index is 12.2. The highest BCUT2D eigenvalue weighted by Gasteiger charge is 2.29. The molecule has 1 atom stereocenters. The second-order valence-corrected chi connectivity index (χ2v) is 9.01. The minimum atomic E-state index is -3.71. The van der Waals surface area contributed by atoms with Crippen molar-refractivity contribution < 1.29 is 32.2 Å². The van der Waals surface area contributed by atoms with Crippen LogP contribution in [0.25, 0.3) is 0 Å². The SMILES string of the molecule is CN(C)S(=O)(=O)c1ccc(Cl)c(NC(=O)COC(=O)C2COc3ccccc3O2)c1. The summed E-state index contributed by atoms with van der Waals surface area (Å²) in [6.07, 6.45) is -1.01. The normalized spacial score (nSPS) is 15.5. The number of anilines is 1. The highest BCUT2D eigenvalue weighted by atomic mass is 35.5. The highest BCUT2D eigenvalue weighted by molar-refractivity contribution is 7.89. The van der Waals surface area contributed by atoms with Crippen molar-refractivity contribution in [2.75, 3.05) is 32.6 Å². The summed E-state index contributed by atoms with van der Waals surface area (Å²) in [5.74, 6) is -0.543. The Labute approximate surface area is 178 Å². The quantitative estimate of drug-likeness (QED) is 0.663. The van der Waals surface area contributed by atoms with E-state index in [1.807, 2.05) is 0 Å². The third kappa shape index (κ3) is 4.84. The minimum Gasteiger partial charge on any atom is -0.485 e. The first-order chi connectivity index (χ1) is 14.2. The number of ether oxygens (including phenoxy) is 3. The molecule has 1 amide bonds. The van der Waals surface area contributed by atoms with E-state index in [0.29, 0.717) is 11.5 Å². The largest absolute Gasteiger partial charge is 0.485 e. The number of fused-ring (bicyclic) bond motifs is 1. The zero-order valence-electron chi connectivity index (χ0n) is 16.1. The number of rotatable bonds is 6. The van der Waals surface area contributed by atoms with Crippen molar-refractivity contribution in [1.82, 2.24) is 4.31 Å². The summed E-state index contributed by atoms with van der Waals surface area (Å²) in [7, 11) is -0.937. The van der Waals surface area contributed by atoms with E-state index in [1.54, 1.807) is 24.3 Å². The van der Waals surface area contributed by atoms with Crippen molar-refractivity contribution in [1.29, 1.82) is 0 Å². The first kappa shape index (κ1) is 21.9. The number of hydrogen-bond donors (Lipinski definition) is 1. The lowest BCUT2D eigenvalue weighted by molar-refractivity contribution is -0.156. The van der Waals surface area contributed by atoms with Gasteiger partial charge in [-0.25, -0.2) is 17.5 Å². The third-order valence-electron chi connectivity index (χ3n) is 4.11. The zero-order chi connectivity index (χ0) is 21.9. The molecule has 9 nitrogen and oxygen atoms in total. The van der Waals surface area contributed by atoms with E-state index < -0.39 is 34.6 Å².